The van der Waals surface area contributed by atoms with Crippen LogP contribution in [0.2, 0.25) is 36.3 Å². The van der Waals surface area contributed by atoms with Gasteiger partial charge in [-0.2, -0.15) is 0 Å². The van der Waals surface area contributed by atoms with Crippen molar-refractivity contribution in [2.24, 2.45) is 29.1 Å². The zero-order valence-corrected chi connectivity index (χ0v) is 33.3. The molecule has 3 saturated carbocycles. The minimum Gasteiger partial charge on any atom is -0.466 e. The maximum atomic E-state index is 12.1. The van der Waals surface area contributed by atoms with Gasteiger partial charge < -0.3 is 13.6 Å². The Morgan fingerprint density at radius 2 is 1.57 bits per heavy atom. The van der Waals surface area contributed by atoms with Gasteiger partial charge in [-0.1, -0.05) is 85.6 Å². The van der Waals surface area contributed by atoms with Crippen molar-refractivity contribution in [1.82, 2.24) is 0 Å². The molecule has 3 fully saturated rings. The fourth-order valence-corrected chi connectivity index (χ4v) is 10.8. The smallest absolute Gasteiger partial charge is 0.305 e. The summed E-state index contributed by atoms with van der Waals surface area (Å²) < 4.78 is 19.5. The van der Waals surface area contributed by atoms with Crippen molar-refractivity contribution in [2.45, 2.75) is 175 Å². The van der Waals surface area contributed by atoms with Gasteiger partial charge in [0.2, 0.25) is 0 Å². The Balaban J connectivity index is 1.86. The molecule has 0 aromatic rings. The van der Waals surface area contributed by atoms with Gasteiger partial charge >= 0.3 is 5.97 Å². The second kappa shape index (κ2) is 14.2. The molecule has 3 aliphatic carbocycles. The summed E-state index contributed by atoms with van der Waals surface area (Å²) in [6.07, 6.45) is 15.3. The molecule has 0 spiro atoms. The topological polar surface area (TPSA) is 44.8 Å². The number of carbonyl (C=O) groups is 1. The van der Waals surface area contributed by atoms with Gasteiger partial charge in [-0.15, -0.1) is 0 Å². The van der Waals surface area contributed by atoms with Crippen LogP contribution in [0.3, 0.4) is 0 Å². The Bertz CT molecular complexity index is 1050. The van der Waals surface area contributed by atoms with Gasteiger partial charge in [0.1, 0.15) is 0 Å². The van der Waals surface area contributed by atoms with Crippen molar-refractivity contribution in [1.29, 1.82) is 0 Å². The van der Waals surface area contributed by atoms with Crippen molar-refractivity contribution in [3.8, 4) is 0 Å². The van der Waals surface area contributed by atoms with E-state index in [2.05, 4.69) is 101 Å². The summed E-state index contributed by atoms with van der Waals surface area (Å²) in [5.74, 6) is 2.24. The summed E-state index contributed by atoms with van der Waals surface area (Å²) in [6.45, 7) is 33.4. The first-order valence-corrected chi connectivity index (χ1v) is 23.9. The van der Waals surface area contributed by atoms with Crippen molar-refractivity contribution in [2.75, 3.05) is 6.61 Å². The lowest BCUT2D eigenvalue weighted by Gasteiger charge is -2.47. The third-order valence-electron chi connectivity index (χ3n) is 13.0. The molecule has 0 aromatic heterocycles. The zero-order chi connectivity index (χ0) is 33.3. The lowest BCUT2D eigenvalue weighted by molar-refractivity contribution is -0.143. The summed E-state index contributed by atoms with van der Waals surface area (Å²) in [5, 5.41) is 0.377. The van der Waals surface area contributed by atoms with E-state index < -0.39 is 16.6 Å². The van der Waals surface area contributed by atoms with E-state index in [0.717, 1.165) is 19.3 Å². The van der Waals surface area contributed by atoms with Gasteiger partial charge in [0, 0.05) is 12.3 Å². The van der Waals surface area contributed by atoms with Crippen molar-refractivity contribution < 1.29 is 18.4 Å². The summed E-state index contributed by atoms with van der Waals surface area (Å²) in [5.41, 5.74) is 3.50. The monoisotopic (exact) mass is 646 g/mol. The molecule has 0 saturated heterocycles. The highest BCUT2D eigenvalue weighted by molar-refractivity contribution is 6.74. The largest absolute Gasteiger partial charge is 0.466 e. The number of rotatable bonds is 10. The quantitative estimate of drug-likeness (QED) is 0.175. The fraction of sp³-hybridized carbons (Fsp3) is 0.868. The standard InChI is InChI=1S/C38H70O4Si2/c1-15-40-35(39)23-18-27(2)32-21-22-33-29(17-16-24-38(32,33)10)19-20-30-25-31(41-43(11,12)36(4,5)6)26-34(28(30)3)42-44(13,14)37(7,8)9/h19-20,27-28,31-34H,15-18,21-26H2,1-14H3/b29-19+,30-20-/t27-,28+,31-,32-,33+,34+,38-/m1/s1. The van der Waals surface area contributed by atoms with E-state index in [9.17, 15) is 4.79 Å². The molecule has 7 atom stereocenters. The van der Waals surface area contributed by atoms with E-state index in [1.165, 1.54) is 37.7 Å². The van der Waals surface area contributed by atoms with Crippen molar-refractivity contribution in [3.05, 3.63) is 23.3 Å². The predicted octanol–water partition coefficient (Wildman–Crippen LogP) is 11.2. The average Bonchev–Trinajstić information content (AvgIpc) is 3.24. The summed E-state index contributed by atoms with van der Waals surface area (Å²) >= 11 is 0. The number of ether oxygens (including phenoxy) is 1. The second-order valence-corrected chi connectivity index (χ2v) is 27.6. The molecular formula is C38H70O4Si2. The Morgan fingerprint density at radius 3 is 2.16 bits per heavy atom. The molecule has 0 N–H and O–H groups in total. The van der Waals surface area contributed by atoms with Gasteiger partial charge in [-0.05, 0) is 118 Å². The minimum atomic E-state index is -1.92. The summed E-state index contributed by atoms with van der Waals surface area (Å²) in [4.78, 5) is 12.1. The van der Waals surface area contributed by atoms with Crippen LogP contribution in [0.1, 0.15) is 127 Å². The first-order valence-electron chi connectivity index (χ1n) is 18.0. The third kappa shape index (κ3) is 8.60. The van der Waals surface area contributed by atoms with Gasteiger partial charge in [-0.3, -0.25) is 4.79 Å². The molecule has 0 aromatic carbocycles. The molecule has 0 unspecified atom stereocenters. The van der Waals surface area contributed by atoms with E-state index in [1.54, 1.807) is 5.57 Å². The zero-order valence-electron chi connectivity index (χ0n) is 31.3. The fourth-order valence-electron chi connectivity index (χ4n) is 8.05. The maximum Gasteiger partial charge on any atom is 0.305 e. The van der Waals surface area contributed by atoms with E-state index >= 15 is 0 Å². The lowest BCUT2D eigenvalue weighted by Crippen LogP contribution is -2.50. The number of allylic oxidation sites excluding steroid dienone is 3. The van der Waals surface area contributed by atoms with Crippen LogP contribution in [0.5, 0.6) is 0 Å². The van der Waals surface area contributed by atoms with Crippen LogP contribution in [0.15, 0.2) is 23.3 Å². The van der Waals surface area contributed by atoms with Crippen LogP contribution in [-0.4, -0.2) is 41.4 Å². The van der Waals surface area contributed by atoms with E-state index in [0.29, 0.717) is 42.1 Å². The molecule has 254 valence electrons. The number of carbonyl (C=O) groups excluding carboxylic acids is 1. The van der Waals surface area contributed by atoms with Crippen LogP contribution in [0, 0.1) is 29.1 Å². The molecule has 0 heterocycles. The van der Waals surface area contributed by atoms with E-state index in [1.807, 2.05) is 6.92 Å². The number of esters is 1. The van der Waals surface area contributed by atoms with Crippen LogP contribution >= 0.6 is 0 Å². The van der Waals surface area contributed by atoms with Crippen LogP contribution in [-0.2, 0) is 18.4 Å². The van der Waals surface area contributed by atoms with Crippen LogP contribution in [0.4, 0.5) is 0 Å². The van der Waals surface area contributed by atoms with Crippen molar-refractivity contribution >= 4 is 22.6 Å². The predicted molar refractivity (Wildman–Crippen MR) is 192 cm³/mol. The molecule has 4 nitrogen and oxygen atoms in total. The lowest BCUT2D eigenvalue weighted by atomic mass is 9.60. The molecular weight excluding hydrogens is 577 g/mol. The third-order valence-corrected chi connectivity index (χ3v) is 22.0. The Morgan fingerprint density at radius 1 is 0.977 bits per heavy atom. The SMILES string of the molecule is CCOC(=O)CC[C@@H](C)[C@H]1CC[C@H]2/C(=C/C=C3/C[C@@H](O[Si](C)(C)C(C)(C)C)C[C@H](O[Si](C)(C)C(C)(C)C)[C@H]3C)CCC[C@]12C. The van der Waals surface area contributed by atoms with Gasteiger partial charge in [0.05, 0.1) is 18.8 Å². The molecule has 44 heavy (non-hydrogen) atoms. The Labute approximate surface area is 274 Å². The van der Waals surface area contributed by atoms with Crippen LogP contribution < -0.4 is 0 Å². The van der Waals surface area contributed by atoms with Gasteiger partial charge in [0.15, 0.2) is 16.6 Å². The molecule has 0 bridgehead atoms. The van der Waals surface area contributed by atoms with Gasteiger partial charge in [-0.25, -0.2) is 0 Å². The van der Waals surface area contributed by atoms with Crippen molar-refractivity contribution in [3.63, 3.8) is 0 Å². The molecule has 6 heteroatoms. The van der Waals surface area contributed by atoms with Gasteiger partial charge in [0.25, 0.3) is 0 Å². The van der Waals surface area contributed by atoms with E-state index in [-0.39, 0.29) is 28.3 Å². The molecule has 0 aliphatic heterocycles. The molecule has 3 aliphatic rings. The Hall–Kier alpha value is -0.696. The summed E-state index contributed by atoms with van der Waals surface area (Å²) in [6, 6.07) is 0. The minimum absolute atomic E-state index is 0.0387. The highest BCUT2D eigenvalue weighted by Gasteiger charge is 2.51. The summed E-state index contributed by atoms with van der Waals surface area (Å²) in [7, 11) is -3.83. The first-order chi connectivity index (χ1) is 20.1. The highest BCUT2D eigenvalue weighted by atomic mass is 28.4. The van der Waals surface area contributed by atoms with E-state index in [4.69, 9.17) is 13.6 Å². The first kappa shape index (κ1) is 37.8. The second-order valence-electron chi connectivity index (χ2n) is 18.0. The number of fused-ring (bicyclic) bond motifs is 1. The average molecular weight is 647 g/mol. The molecule has 3 rings (SSSR count). The molecule has 0 amide bonds. The normalized spacial score (nSPS) is 33.0. The maximum absolute atomic E-state index is 12.1. The number of hydrogen-bond acceptors (Lipinski definition) is 4. The molecule has 0 radical (unpaired) electrons. The Kier molecular flexibility index (Phi) is 12.2. The number of hydrogen-bond donors (Lipinski definition) is 0. The van der Waals surface area contributed by atoms with Crippen LogP contribution in [0.25, 0.3) is 0 Å². The highest BCUT2D eigenvalue weighted by Crippen LogP contribution is 2.60.